The molecule has 3 heterocycles. The highest BCUT2D eigenvalue weighted by atomic mass is 32.2. The fraction of sp³-hybridized carbons (Fsp3) is 0.550. The summed E-state index contributed by atoms with van der Waals surface area (Å²) in [6.07, 6.45) is 4.15. The molecule has 0 N–H and O–H groups in total. The van der Waals surface area contributed by atoms with Crippen molar-refractivity contribution in [2.24, 2.45) is 0 Å². The molecular weight excluding hydrogens is 344 g/mol. The van der Waals surface area contributed by atoms with Gasteiger partial charge in [0, 0.05) is 44.3 Å². The van der Waals surface area contributed by atoms with E-state index in [2.05, 4.69) is 56.8 Å². The molecule has 5 nitrogen and oxygen atoms in total. The number of hydrogen-bond donors (Lipinski definition) is 0. The third kappa shape index (κ3) is 3.50. The first kappa shape index (κ1) is 17.9. The van der Waals surface area contributed by atoms with Crippen molar-refractivity contribution in [1.29, 1.82) is 0 Å². The van der Waals surface area contributed by atoms with Gasteiger partial charge in [-0.3, -0.25) is 4.90 Å². The summed E-state index contributed by atoms with van der Waals surface area (Å²) in [5.41, 5.74) is 4.19. The smallest absolute Gasteiger partial charge is 0.167 e. The Bertz CT molecular complexity index is 741. The first-order valence-electron chi connectivity index (χ1n) is 9.52. The van der Waals surface area contributed by atoms with Crippen LogP contribution in [0.4, 0.5) is 5.69 Å². The van der Waals surface area contributed by atoms with Crippen LogP contribution < -0.4 is 4.90 Å². The molecule has 2 aromatic rings. The van der Waals surface area contributed by atoms with E-state index in [0.717, 1.165) is 57.6 Å². The third-order valence-corrected chi connectivity index (χ3v) is 6.18. The van der Waals surface area contributed by atoms with Crippen LogP contribution in [0.1, 0.15) is 24.1 Å². The number of imidazole rings is 1. The van der Waals surface area contributed by atoms with E-state index in [0.29, 0.717) is 5.92 Å². The molecule has 1 aromatic heterocycles. The summed E-state index contributed by atoms with van der Waals surface area (Å²) in [4.78, 5) is 9.68. The second-order valence-electron chi connectivity index (χ2n) is 7.03. The predicted molar refractivity (Wildman–Crippen MR) is 107 cm³/mol. The molecule has 6 heteroatoms. The lowest BCUT2D eigenvalue weighted by atomic mass is 10.0. The Morgan fingerprint density at radius 1 is 1.23 bits per heavy atom. The van der Waals surface area contributed by atoms with Crippen LogP contribution in [0.15, 0.2) is 35.6 Å². The van der Waals surface area contributed by atoms with Crippen molar-refractivity contribution in [1.82, 2.24) is 14.5 Å². The highest BCUT2D eigenvalue weighted by Gasteiger charge is 2.30. The quantitative estimate of drug-likeness (QED) is 0.728. The molecule has 26 heavy (non-hydrogen) atoms. The molecule has 2 aliphatic heterocycles. The summed E-state index contributed by atoms with van der Waals surface area (Å²) >= 11 is 1.72. The molecule has 140 valence electrons. The number of aromatic nitrogens is 2. The Kier molecular flexibility index (Phi) is 5.52. The topological polar surface area (TPSA) is 33.5 Å². The van der Waals surface area contributed by atoms with E-state index in [4.69, 9.17) is 4.74 Å². The molecule has 0 aliphatic carbocycles. The summed E-state index contributed by atoms with van der Waals surface area (Å²) in [6.45, 7) is 10.1. The molecule has 1 aromatic carbocycles. The van der Waals surface area contributed by atoms with Gasteiger partial charge >= 0.3 is 0 Å². The van der Waals surface area contributed by atoms with E-state index in [-0.39, 0.29) is 0 Å². The second-order valence-corrected chi connectivity index (χ2v) is 7.80. The van der Waals surface area contributed by atoms with Crippen molar-refractivity contribution < 1.29 is 4.74 Å². The van der Waals surface area contributed by atoms with Crippen LogP contribution in [0.5, 0.6) is 0 Å². The zero-order valence-electron chi connectivity index (χ0n) is 15.7. The fourth-order valence-electron chi connectivity index (χ4n) is 4.20. The molecular formula is C20H28N4OS. The van der Waals surface area contributed by atoms with Gasteiger partial charge in [-0.2, -0.15) is 0 Å². The van der Waals surface area contributed by atoms with Crippen molar-refractivity contribution in [3.8, 4) is 0 Å². The molecule has 4 rings (SSSR count). The number of ether oxygens (including phenoxy) is 1. The normalized spacial score (nSPS) is 20.5. The van der Waals surface area contributed by atoms with Crippen molar-refractivity contribution in [3.05, 3.63) is 41.7 Å². The number of hydrogen-bond acceptors (Lipinski definition) is 5. The first-order valence-corrected chi connectivity index (χ1v) is 10.7. The Hall–Kier alpha value is -1.50. The summed E-state index contributed by atoms with van der Waals surface area (Å²) in [5, 5.41) is 1.11. The molecule has 1 atom stereocenters. The highest BCUT2D eigenvalue weighted by molar-refractivity contribution is 7.98. The Labute approximate surface area is 160 Å². The summed E-state index contributed by atoms with van der Waals surface area (Å²) in [7, 11) is 0. The molecule has 1 fully saturated rings. The van der Waals surface area contributed by atoms with E-state index in [1.54, 1.807) is 11.8 Å². The Morgan fingerprint density at radius 3 is 2.81 bits per heavy atom. The maximum atomic E-state index is 5.51. The van der Waals surface area contributed by atoms with Crippen LogP contribution in [0, 0.1) is 0 Å². The monoisotopic (exact) mass is 372 g/mol. The average molecular weight is 373 g/mol. The summed E-state index contributed by atoms with van der Waals surface area (Å²) < 4.78 is 7.84. The Morgan fingerprint density at radius 2 is 2.04 bits per heavy atom. The van der Waals surface area contributed by atoms with Crippen molar-refractivity contribution in [2.75, 3.05) is 50.5 Å². The number of fused-ring (bicyclic) bond motifs is 1. The largest absolute Gasteiger partial charge is 0.379 e. The maximum Gasteiger partial charge on any atom is 0.167 e. The van der Waals surface area contributed by atoms with E-state index in [9.17, 15) is 0 Å². The van der Waals surface area contributed by atoms with Gasteiger partial charge in [-0.15, -0.1) is 0 Å². The van der Waals surface area contributed by atoms with Gasteiger partial charge < -0.3 is 14.2 Å². The van der Waals surface area contributed by atoms with E-state index >= 15 is 0 Å². The van der Waals surface area contributed by atoms with Crippen LogP contribution in [0.25, 0.3) is 0 Å². The van der Waals surface area contributed by atoms with Gasteiger partial charge in [0.05, 0.1) is 31.6 Å². The number of morpholine rings is 1. The lowest BCUT2D eigenvalue weighted by Gasteiger charge is -2.29. The lowest BCUT2D eigenvalue weighted by molar-refractivity contribution is 0.0356. The zero-order chi connectivity index (χ0) is 17.9. The van der Waals surface area contributed by atoms with Crippen molar-refractivity contribution >= 4 is 17.4 Å². The zero-order valence-corrected chi connectivity index (χ0v) is 16.5. The highest BCUT2D eigenvalue weighted by Crippen LogP contribution is 2.37. The van der Waals surface area contributed by atoms with Gasteiger partial charge in [0.1, 0.15) is 0 Å². The first-order chi connectivity index (χ1) is 12.8. The van der Waals surface area contributed by atoms with Crippen LogP contribution in [0.3, 0.4) is 0 Å². The standard InChI is InChI=1S/C20H28N4OS/c1-3-24-17(12-21-20(24)26-2)15-23-14-16(13-22-8-10-25-11-9-22)18-6-4-5-7-19(18)23/h4-7,12,16H,3,8-11,13-15H2,1-2H3. The third-order valence-electron chi connectivity index (χ3n) is 5.49. The number of anilines is 1. The number of thioether (sulfide) groups is 1. The van der Waals surface area contributed by atoms with E-state index in [1.807, 2.05) is 6.20 Å². The van der Waals surface area contributed by atoms with Gasteiger partial charge in [-0.05, 0) is 24.8 Å². The summed E-state index contributed by atoms with van der Waals surface area (Å²) in [6, 6.07) is 8.92. The van der Waals surface area contributed by atoms with Gasteiger partial charge in [0.25, 0.3) is 0 Å². The molecule has 1 unspecified atom stereocenters. The number of nitrogens with zero attached hydrogens (tertiary/aromatic N) is 4. The minimum absolute atomic E-state index is 0.572. The number of rotatable bonds is 6. The number of benzene rings is 1. The van der Waals surface area contributed by atoms with E-state index in [1.165, 1.54) is 16.9 Å². The van der Waals surface area contributed by atoms with Crippen LogP contribution >= 0.6 is 11.8 Å². The molecule has 0 radical (unpaired) electrons. The van der Waals surface area contributed by atoms with Crippen molar-refractivity contribution in [3.63, 3.8) is 0 Å². The van der Waals surface area contributed by atoms with Crippen LogP contribution in [-0.4, -0.2) is 60.1 Å². The van der Waals surface area contributed by atoms with E-state index < -0.39 is 0 Å². The van der Waals surface area contributed by atoms with Gasteiger partial charge in [0.2, 0.25) is 0 Å². The van der Waals surface area contributed by atoms with Gasteiger partial charge in [0.15, 0.2) is 5.16 Å². The minimum atomic E-state index is 0.572. The van der Waals surface area contributed by atoms with Gasteiger partial charge in [-0.1, -0.05) is 30.0 Å². The number of para-hydroxylation sites is 1. The Balaban J connectivity index is 1.53. The average Bonchev–Trinajstić information content (AvgIpc) is 3.24. The molecule has 1 saturated heterocycles. The molecule has 0 saturated carbocycles. The SMILES string of the molecule is CCn1c(CN2CC(CN3CCOCC3)c3ccccc32)cnc1SC. The molecule has 0 bridgehead atoms. The van der Waals surface area contributed by atoms with Crippen LogP contribution in [-0.2, 0) is 17.8 Å². The molecule has 0 amide bonds. The minimum Gasteiger partial charge on any atom is -0.379 e. The summed E-state index contributed by atoms with van der Waals surface area (Å²) in [5.74, 6) is 0.572. The van der Waals surface area contributed by atoms with Gasteiger partial charge in [-0.25, -0.2) is 4.98 Å². The van der Waals surface area contributed by atoms with Crippen LogP contribution in [0.2, 0.25) is 0 Å². The predicted octanol–water partition coefficient (Wildman–Crippen LogP) is 3.06. The second kappa shape index (κ2) is 8.03. The molecule has 2 aliphatic rings. The maximum absolute atomic E-state index is 5.51. The lowest BCUT2D eigenvalue weighted by Crippen LogP contribution is -2.39. The van der Waals surface area contributed by atoms with Crippen molar-refractivity contribution in [2.45, 2.75) is 31.1 Å². The molecule has 0 spiro atoms. The fourth-order valence-corrected chi connectivity index (χ4v) is 4.82.